The summed E-state index contributed by atoms with van der Waals surface area (Å²) in [4.78, 5) is 11.5. The molecule has 19 heavy (non-hydrogen) atoms. The van der Waals surface area contributed by atoms with Gasteiger partial charge in [-0.1, -0.05) is 53.0 Å². The van der Waals surface area contributed by atoms with Gasteiger partial charge >= 0.3 is 0 Å². The molecule has 6 heteroatoms. The smallest absolute Gasteiger partial charge is 0.272 e. The van der Waals surface area contributed by atoms with Crippen molar-refractivity contribution in [3.8, 4) is 5.75 Å². The molecule has 104 valence electrons. The summed E-state index contributed by atoms with van der Waals surface area (Å²) >= 11 is 16.5. The molecular formula is C13H14Cl3NO2. The van der Waals surface area contributed by atoms with E-state index in [0.717, 1.165) is 11.3 Å². The van der Waals surface area contributed by atoms with Gasteiger partial charge in [-0.25, -0.2) is 0 Å². The van der Waals surface area contributed by atoms with Crippen molar-refractivity contribution >= 4 is 40.7 Å². The van der Waals surface area contributed by atoms with Crippen LogP contribution in [0.3, 0.4) is 0 Å². The van der Waals surface area contributed by atoms with Gasteiger partial charge in [-0.05, 0) is 24.1 Å². The molecule has 0 aliphatic rings. The number of amides is 1. The summed E-state index contributed by atoms with van der Waals surface area (Å²) in [6.07, 6.45) is 2.15. The summed E-state index contributed by atoms with van der Waals surface area (Å²) < 4.78 is 3.10. The standard InChI is InChI=1S/C13H14Cl3NO2/c1-3-10(17-12(18)13(14,15)16)8-9-4-6-11(19-2)7-5-9/h3-7,10H,1,8H2,2H3,(H,17,18)/t10-/m1/s1. The van der Waals surface area contributed by atoms with Crippen molar-refractivity contribution in [2.24, 2.45) is 0 Å². The second-order valence-corrected chi connectivity index (χ2v) is 6.15. The zero-order valence-electron chi connectivity index (χ0n) is 10.3. The molecule has 0 spiro atoms. The van der Waals surface area contributed by atoms with Gasteiger partial charge in [0.25, 0.3) is 9.70 Å². The van der Waals surface area contributed by atoms with Gasteiger partial charge in [-0.3, -0.25) is 4.79 Å². The van der Waals surface area contributed by atoms with Crippen LogP contribution in [-0.2, 0) is 11.2 Å². The number of alkyl halides is 3. The number of rotatable bonds is 5. The third kappa shape index (κ3) is 5.31. The normalized spacial score (nSPS) is 12.6. The number of carbonyl (C=O) groups is 1. The molecule has 1 N–H and O–H groups in total. The number of hydrogen-bond donors (Lipinski definition) is 1. The highest BCUT2D eigenvalue weighted by Gasteiger charge is 2.31. The molecule has 0 unspecified atom stereocenters. The molecule has 0 fully saturated rings. The Labute approximate surface area is 127 Å². The Kier molecular flexibility index (Phi) is 5.98. The maximum Gasteiger partial charge on any atom is 0.272 e. The topological polar surface area (TPSA) is 38.3 Å². The Morgan fingerprint density at radius 2 is 2.00 bits per heavy atom. The molecule has 1 atom stereocenters. The highest BCUT2D eigenvalue weighted by Crippen LogP contribution is 2.26. The quantitative estimate of drug-likeness (QED) is 0.667. The fourth-order valence-electron chi connectivity index (χ4n) is 1.46. The third-order valence-electron chi connectivity index (χ3n) is 2.47. The first-order valence-corrected chi connectivity index (χ1v) is 6.63. The molecular weight excluding hydrogens is 309 g/mol. The summed E-state index contributed by atoms with van der Waals surface area (Å²) in [5, 5.41) is 2.60. The maximum atomic E-state index is 11.5. The lowest BCUT2D eigenvalue weighted by Crippen LogP contribution is -2.41. The number of halogens is 3. The van der Waals surface area contributed by atoms with Crippen molar-refractivity contribution in [3.63, 3.8) is 0 Å². The average molecular weight is 323 g/mol. The molecule has 0 aliphatic heterocycles. The van der Waals surface area contributed by atoms with Crippen LogP contribution in [0.4, 0.5) is 0 Å². The fraction of sp³-hybridized carbons (Fsp3) is 0.308. The van der Waals surface area contributed by atoms with E-state index >= 15 is 0 Å². The van der Waals surface area contributed by atoms with Crippen LogP contribution >= 0.6 is 34.8 Å². The number of ether oxygens (including phenoxy) is 1. The van der Waals surface area contributed by atoms with Gasteiger partial charge in [0.05, 0.1) is 13.2 Å². The van der Waals surface area contributed by atoms with E-state index in [-0.39, 0.29) is 6.04 Å². The molecule has 1 aromatic rings. The minimum atomic E-state index is -1.97. The second kappa shape index (κ2) is 7.04. The Morgan fingerprint density at radius 1 is 1.42 bits per heavy atom. The van der Waals surface area contributed by atoms with Crippen molar-refractivity contribution in [3.05, 3.63) is 42.5 Å². The Hall–Kier alpha value is -0.900. The van der Waals surface area contributed by atoms with Gasteiger partial charge < -0.3 is 10.1 Å². The van der Waals surface area contributed by atoms with E-state index in [1.54, 1.807) is 13.2 Å². The zero-order chi connectivity index (χ0) is 14.5. The van der Waals surface area contributed by atoms with E-state index in [2.05, 4.69) is 11.9 Å². The lowest BCUT2D eigenvalue weighted by molar-refractivity contribution is -0.120. The first-order valence-electron chi connectivity index (χ1n) is 5.50. The minimum absolute atomic E-state index is 0.309. The number of benzene rings is 1. The van der Waals surface area contributed by atoms with Crippen LogP contribution < -0.4 is 10.1 Å². The summed E-state index contributed by atoms with van der Waals surface area (Å²) in [5.74, 6) is 0.0974. The van der Waals surface area contributed by atoms with Crippen LogP contribution in [0.5, 0.6) is 5.75 Å². The highest BCUT2D eigenvalue weighted by atomic mass is 35.6. The average Bonchev–Trinajstić information content (AvgIpc) is 2.37. The van der Waals surface area contributed by atoms with Crippen LogP contribution in [0, 0.1) is 0 Å². The van der Waals surface area contributed by atoms with Crippen LogP contribution in [-0.4, -0.2) is 22.9 Å². The molecule has 0 bridgehead atoms. The lowest BCUT2D eigenvalue weighted by atomic mass is 10.1. The number of nitrogens with one attached hydrogen (secondary N) is 1. The molecule has 0 heterocycles. The monoisotopic (exact) mass is 321 g/mol. The van der Waals surface area contributed by atoms with Gasteiger partial charge in [0, 0.05) is 0 Å². The molecule has 0 saturated heterocycles. The molecule has 1 aromatic carbocycles. The summed E-state index contributed by atoms with van der Waals surface area (Å²) in [6.45, 7) is 3.66. The van der Waals surface area contributed by atoms with E-state index in [1.165, 1.54) is 0 Å². The van der Waals surface area contributed by atoms with Crippen molar-refractivity contribution in [2.75, 3.05) is 7.11 Å². The van der Waals surface area contributed by atoms with Crippen LogP contribution in [0.15, 0.2) is 36.9 Å². The Balaban J connectivity index is 2.66. The molecule has 0 aliphatic carbocycles. The third-order valence-corrected chi connectivity index (χ3v) is 2.99. The van der Waals surface area contributed by atoms with Gasteiger partial charge in [-0.15, -0.1) is 6.58 Å². The van der Waals surface area contributed by atoms with E-state index in [4.69, 9.17) is 39.5 Å². The largest absolute Gasteiger partial charge is 0.497 e. The van der Waals surface area contributed by atoms with Crippen molar-refractivity contribution in [1.29, 1.82) is 0 Å². The van der Waals surface area contributed by atoms with E-state index in [0.29, 0.717) is 6.42 Å². The molecule has 1 amide bonds. The zero-order valence-corrected chi connectivity index (χ0v) is 12.6. The molecule has 0 aromatic heterocycles. The summed E-state index contributed by atoms with van der Waals surface area (Å²) in [5.41, 5.74) is 1.01. The fourth-order valence-corrected chi connectivity index (χ4v) is 1.62. The van der Waals surface area contributed by atoms with Crippen LogP contribution in [0.25, 0.3) is 0 Å². The molecule has 1 rings (SSSR count). The first kappa shape index (κ1) is 16.2. The van der Waals surface area contributed by atoms with E-state index in [9.17, 15) is 4.79 Å². The molecule has 3 nitrogen and oxygen atoms in total. The Bertz CT molecular complexity index is 440. The maximum absolute atomic E-state index is 11.5. The summed E-state index contributed by atoms with van der Waals surface area (Å²) in [7, 11) is 1.60. The van der Waals surface area contributed by atoms with Crippen molar-refractivity contribution in [2.45, 2.75) is 16.3 Å². The highest BCUT2D eigenvalue weighted by molar-refractivity contribution is 6.76. The minimum Gasteiger partial charge on any atom is -0.497 e. The first-order chi connectivity index (χ1) is 8.86. The number of hydrogen-bond acceptors (Lipinski definition) is 2. The molecule has 0 saturated carbocycles. The van der Waals surface area contributed by atoms with Gasteiger partial charge in [0.15, 0.2) is 0 Å². The predicted molar refractivity (Wildman–Crippen MR) is 79.1 cm³/mol. The molecule has 0 radical (unpaired) electrons. The van der Waals surface area contributed by atoms with Crippen LogP contribution in [0.1, 0.15) is 5.56 Å². The summed E-state index contributed by atoms with van der Waals surface area (Å²) in [6, 6.07) is 7.17. The van der Waals surface area contributed by atoms with Gasteiger partial charge in [-0.2, -0.15) is 0 Å². The lowest BCUT2D eigenvalue weighted by Gasteiger charge is -2.18. The van der Waals surface area contributed by atoms with E-state index in [1.807, 2.05) is 24.3 Å². The Morgan fingerprint density at radius 3 is 2.42 bits per heavy atom. The van der Waals surface area contributed by atoms with Crippen molar-refractivity contribution in [1.82, 2.24) is 5.32 Å². The van der Waals surface area contributed by atoms with Crippen molar-refractivity contribution < 1.29 is 9.53 Å². The van der Waals surface area contributed by atoms with Crippen LogP contribution in [0.2, 0.25) is 0 Å². The number of methoxy groups -OCH3 is 1. The van der Waals surface area contributed by atoms with Gasteiger partial charge in [0.1, 0.15) is 5.75 Å². The second-order valence-electron chi connectivity index (χ2n) is 3.87. The van der Waals surface area contributed by atoms with E-state index < -0.39 is 9.70 Å². The number of carbonyl (C=O) groups excluding carboxylic acids is 1. The SMILES string of the molecule is C=C[C@H](Cc1ccc(OC)cc1)NC(=O)C(Cl)(Cl)Cl. The predicted octanol–water partition coefficient (Wildman–Crippen LogP) is 3.28. The van der Waals surface area contributed by atoms with Gasteiger partial charge in [0.2, 0.25) is 0 Å².